The fraction of sp³-hybridized carbons (Fsp3) is 0.500. The third kappa shape index (κ3) is 6.36. The van der Waals surface area contributed by atoms with E-state index in [0.29, 0.717) is 25.5 Å². The molecule has 1 rings (SSSR count). The van der Waals surface area contributed by atoms with Crippen LogP contribution in [0.5, 0.6) is 5.75 Å². The van der Waals surface area contributed by atoms with Crippen molar-refractivity contribution in [3.63, 3.8) is 0 Å². The number of benzene rings is 1. The first-order chi connectivity index (χ1) is 9.67. The van der Waals surface area contributed by atoms with Gasteiger partial charge in [0.15, 0.2) is 6.61 Å². The van der Waals surface area contributed by atoms with Crippen molar-refractivity contribution in [2.75, 3.05) is 33.5 Å². The van der Waals surface area contributed by atoms with Gasteiger partial charge in [-0.3, -0.25) is 0 Å². The number of nitrogens with one attached hydrogen (secondary N) is 1. The summed E-state index contributed by atoms with van der Waals surface area (Å²) in [4.78, 5) is 11.3. The predicted octanol–water partition coefficient (Wildman–Crippen LogP) is 2.13. The van der Waals surface area contributed by atoms with Crippen molar-refractivity contribution in [3.8, 4) is 5.75 Å². The van der Waals surface area contributed by atoms with Gasteiger partial charge < -0.3 is 19.5 Å². The SMILES string of the molecule is CCOC(=O)COc1ccc(Br)cc1CNCCOC. The Morgan fingerprint density at radius 3 is 2.90 bits per heavy atom. The molecule has 1 N–H and O–H groups in total. The second kappa shape index (κ2) is 9.74. The van der Waals surface area contributed by atoms with Crippen LogP contribution >= 0.6 is 15.9 Å². The van der Waals surface area contributed by atoms with Gasteiger partial charge in [-0.1, -0.05) is 15.9 Å². The minimum atomic E-state index is -0.367. The highest BCUT2D eigenvalue weighted by atomic mass is 79.9. The van der Waals surface area contributed by atoms with Gasteiger partial charge in [0.1, 0.15) is 5.75 Å². The van der Waals surface area contributed by atoms with Crippen molar-refractivity contribution < 1.29 is 19.0 Å². The van der Waals surface area contributed by atoms with E-state index in [1.165, 1.54) is 0 Å². The van der Waals surface area contributed by atoms with Crippen LogP contribution in [0.15, 0.2) is 22.7 Å². The lowest BCUT2D eigenvalue weighted by molar-refractivity contribution is -0.145. The Bertz CT molecular complexity index is 426. The number of halogens is 1. The van der Waals surface area contributed by atoms with Crippen molar-refractivity contribution in [1.29, 1.82) is 0 Å². The maximum absolute atomic E-state index is 11.3. The van der Waals surface area contributed by atoms with Gasteiger partial charge >= 0.3 is 5.97 Å². The lowest BCUT2D eigenvalue weighted by Gasteiger charge is -2.12. The summed E-state index contributed by atoms with van der Waals surface area (Å²) in [5.41, 5.74) is 0.972. The molecule has 0 bridgehead atoms. The quantitative estimate of drug-likeness (QED) is 0.548. The highest BCUT2D eigenvalue weighted by Gasteiger charge is 2.08. The summed E-state index contributed by atoms with van der Waals surface area (Å²) in [6.45, 7) is 4.07. The van der Waals surface area contributed by atoms with E-state index < -0.39 is 0 Å². The minimum absolute atomic E-state index is 0.0828. The van der Waals surface area contributed by atoms with Crippen LogP contribution in [0.4, 0.5) is 0 Å². The summed E-state index contributed by atoms with van der Waals surface area (Å²) < 4.78 is 16.3. The summed E-state index contributed by atoms with van der Waals surface area (Å²) in [5.74, 6) is 0.305. The molecule has 20 heavy (non-hydrogen) atoms. The summed E-state index contributed by atoms with van der Waals surface area (Å²) in [7, 11) is 1.66. The van der Waals surface area contributed by atoms with Crippen LogP contribution < -0.4 is 10.1 Å². The molecule has 0 unspecified atom stereocenters. The van der Waals surface area contributed by atoms with Gasteiger partial charge in [-0.15, -0.1) is 0 Å². The van der Waals surface area contributed by atoms with Crippen LogP contribution in [0, 0.1) is 0 Å². The smallest absolute Gasteiger partial charge is 0.344 e. The van der Waals surface area contributed by atoms with Gasteiger partial charge in [0.25, 0.3) is 0 Å². The molecule has 0 aliphatic rings. The first-order valence-corrected chi connectivity index (χ1v) is 7.23. The van der Waals surface area contributed by atoms with Crippen LogP contribution in [0.2, 0.25) is 0 Å². The third-order valence-electron chi connectivity index (χ3n) is 2.47. The number of methoxy groups -OCH3 is 1. The highest BCUT2D eigenvalue weighted by Crippen LogP contribution is 2.23. The Morgan fingerprint density at radius 1 is 1.40 bits per heavy atom. The number of hydrogen-bond donors (Lipinski definition) is 1. The molecule has 1 aromatic rings. The maximum Gasteiger partial charge on any atom is 0.344 e. The largest absolute Gasteiger partial charge is 0.482 e. The molecule has 5 nitrogen and oxygen atoms in total. The van der Waals surface area contributed by atoms with Gasteiger partial charge in [-0.05, 0) is 25.1 Å². The Labute approximate surface area is 127 Å². The molecule has 112 valence electrons. The summed E-state index contributed by atoms with van der Waals surface area (Å²) in [6, 6.07) is 5.66. The Morgan fingerprint density at radius 2 is 2.20 bits per heavy atom. The van der Waals surface area contributed by atoms with E-state index >= 15 is 0 Å². The molecule has 1 aromatic carbocycles. The van der Waals surface area contributed by atoms with Gasteiger partial charge in [0.2, 0.25) is 0 Å². The first-order valence-electron chi connectivity index (χ1n) is 6.43. The first kappa shape index (κ1) is 16.9. The van der Waals surface area contributed by atoms with Crippen LogP contribution in [0.1, 0.15) is 12.5 Å². The van der Waals surface area contributed by atoms with E-state index in [2.05, 4.69) is 21.2 Å². The van der Waals surface area contributed by atoms with E-state index in [1.54, 1.807) is 14.0 Å². The average Bonchev–Trinajstić information content (AvgIpc) is 2.43. The molecule has 0 amide bonds. The fourth-order valence-electron chi connectivity index (χ4n) is 1.56. The molecule has 0 fully saturated rings. The second-order valence-electron chi connectivity index (χ2n) is 4.02. The van der Waals surface area contributed by atoms with Crippen molar-refractivity contribution in [3.05, 3.63) is 28.2 Å². The van der Waals surface area contributed by atoms with E-state index in [9.17, 15) is 4.79 Å². The Kier molecular flexibility index (Phi) is 8.25. The molecule has 0 aliphatic heterocycles. The molecule has 0 saturated heterocycles. The summed E-state index contributed by atoms with van der Waals surface area (Å²) in [6.07, 6.45) is 0. The number of hydrogen-bond acceptors (Lipinski definition) is 5. The minimum Gasteiger partial charge on any atom is -0.482 e. The average molecular weight is 346 g/mol. The topological polar surface area (TPSA) is 56.8 Å². The number of carbonyl (C=O) groups excluding carboxylic acids is 1. The van der Waals surface area contributed by atoms with Crippen LogP contribution in [0.3, 0.4) is 0 Å². The van der Waals surface area contributed by atoms with Gasteiger partial charge in [0, 0.05) is 30.2 Å². The normalized spacial score (nSPS) is 10.3. The number of ether oxygens (including phenoxy) is 3. The summed E-state index contributed by atoms with van der Waals surface area (Å²) >= 11 is 3.42. The van der Waals surface area contributed by atoms with Crippen molar-refractivity contribution >= 4 is 21.9 Å². The molecule has 0 aliphatic carbocycles. The lowest BCUT2D eigenvalue weighted by atomic mass is 10.2. The molecular formula is C14H20BrNO4. The zero-order chi connectivity index (χ0) is 14.8. The monoisotopic (exact) mass is 345 g/mol. The lowest BCUT2D eigenvalue weighted by Crippen LogP contribution is -2.20. The second-order valence-corrected chi connectivity index (χ2v) is 4.93. The molecule has 0 heterocycles. The van der Waals surface area contributed by atoms with Gasteiger partial charge in [-0.2, -0.15) is 0 Å². The van der Waals surface area contributed by atoms with Crippen LogP contribution in [-0.2, 0) is 20.8 Å². The highest BCUT2D eigenvalue weighted by molar-refractivity contribution is 9.10. The van der Waals surface area contributed by atoms with Crippen LogP contribution in [0.25, 0.3) is 0 Å². The zero-order valence-corrected chi connectivity index (χ0v) is 13.4. The fourth-order valence-corrected chi connectivity index (χ4v) is 1.97. The standard InChI is InChI=1S/C14H20BrNO4/c1-3-19-14(17)10-20-13-5-4-12(15)8-11(13)9-16-6-7-18-2/h4-5,8,16H,3,6-7,9-10H2,1-2H3. The van der Waals surface area contributed by atoms with Crippen molar-refractivity contribution in [1.82, 2.24) is 5.32 Å². The molecule has 0 aromatic heterocycles. The number of esters is 1. The van der Waals surface area contributed by atoms with Gasteiger partial charge in [-0.25, -0.2) is 4.79 Å². The van der Waals surface area contributed by atoms with Crippen molar-refractivity contribution in [2.24, 2.45) is 0 Å². The summed E-state index contributed by atoms with van der Waals surface area (Å²) in [5, 5.41) is 3.24. The number of carbonyl (C=O) groups is 1. The Balaban J connectivity index is 2.57. The van der Waals surface area contributed by atoms with E-state index in [1.807, 2.05) is 18.2 Å². The molecule has 0 atom stereocenters. The molecule has 0 spiro atoms. The van der Waals surface area contributed by atoms with E-state index in [0.717, 1.165) is 16.6 Å². The predicted molar refractivity (Wildman–Crippen MR) is 79.9 cm³/mol. The zero-order valence-electron chi connectivity index (χ0n) is 11.8. The molecular weight excluding hydrogens is 326 g/mol. The molecule has 0 radical (unpaired) electrons. The number of rotatable bonds is 9. The third-order valence-corrected chi connectivity index (χ3v) is 2.97. The maximum atomic E-state index is 11.3. The van der Waals surface area contributed by atoms with Crippen LogP contribution in [-0.4, -0.2) is 39.4 Å². The van der Waals surface area contributed by atoms with Gasteiger partial charge in [0.05, 0.1) is 13.2 Å². The van der Waals surface area contributed by atoms with E-state index in [4.69, 9.17) is 14.2 Å². The Hall–Kier alpha value is -1.11. The molecule has 0 saturated carbocycles. The van der Waals surface area contributed by atoms with Crippen molar-refractivity contribution in [2.45, 2.75) is 13.5 Å². The molecule has 6 heteroatoms. The van der Waals surface area contributed by atoms with E-state index in [-0.39, 0.29) is 12.6 Å².